The summed E-state index contributed by atoms with van der Waals surface area (Å²) in [6, 6.07) is 4.06. The molecule has 1 aliphatic heterocycles. The maximum Gasteiger partial charge on any atom is 0.341 e. The number of hydrogen-bond donors (Lipinski definition) is 0. The van der Waals surface area contributed by atoms with Crippen LogP contribution in [0.2, 0.25) is 0 Å². The fraction of sp³-hybridized carbons (Fsp3) is 0.571. The van der Waals surface area contributed by atoms with Gasteiger partial charge in [-0.1, -0.05) is 13.0 Å². The van der Waals surface area contributed by atoms with E-state index in [2.05, 4.69) is 37.3 Å². The predicted molar refractivity (Wildman–Crippen MR) is 71.0 cm³/mol. The SMILES string of the molecule is CCC(OCC1CO1)c1ccc(O[Si])c(C)c1C. The van der Waals surface area contributed by atoms with Gasteiger partial charge >= 0.3 is 10.5 Å². The van der Waals surface area contributed by atoms with Crippen LogP contribution in [-0.4, -0.2) is 29.8 Å². The molecule has 1 aromatic rings. The zero-order valence-corrected chi connectivity index (χ0v) is 12.2. The minimum atomic E-state index is 0.136. The maximum atomic E-state index is 5.93. The Hall–Kier alpha value is -0.843. The Morgan fingerprint density at radius 3 is 2.67 bits per heavy atom. The molecule has 2 atom stereocenters. The van der Waals surface area contributed by atoms with Crippen LogP contribution >= 0.6 is 0 Å². The molecule has 3 nitrogen and oxygen atoms in total. The molecule has 1 saturated heterocycles. The van der Waals surface area contributed by atoms with E-state index in [4.69, 9.17) is 13.9 Å². The van der Waals surface area contributed by atoms with E-state index in [0.717, 1.165) is 24.3 Å². The third-order valence-corrected chi connectivity index (χ3v) is 3.71. The van der Waals surface area contributed by atoms with Gasteiger partial charge in [0.05, 0.1) is 19.3 Å². The van der Waals surface area contributed by atoms with Gasteiger partial charge in [-0.2, -0.15) is 0 Å². The van der Waals surface area contributed by atoms with Crippen LogP contribution in [0.15, 0.2) is 12.1 Å². The Bertz CT molecular complexity index is 416. The molecule has 0 N–H and O–H groups in total. The molecule has 1 aliphatic rings. The van der Waals surface area contributed by atoms with Gasteiger partial charge in [-0.25, -0.2) is 0 Å². The van der Waals surface area contributed by atoms with E-state index in [-0.39, 0.29) is 6.10 Å². The molecule has 18 heavy (non-hydrogen) atoms. The van der Waals surface area contributed by atoms with Gasteiger partial charge in [-0.05, 0) is 43.0 Å². The van der Waals surface area contributed by atoms with Crippen molar-refractivity contribution < 1.29 is 13.9 Å². The minimum absolute atomic E-state index is 0.136. The van der Waals surface area contributed by atoms with Crippen LogP contribution in [-0.2, 0) is 9.47 Å². The molecular formula is C14H19O3Si. The summed E-state index contributed by atoms with van der Waals surface area (Å²) >= 11 is 0. The zero-order chi connectivity index (χ0) is 13.1. The van der Waals surface area contributed by atoms with Gasteiger partial charge in [0, 0.05) is 0 Å². The summed E-state index contributed by atoms with van der Waals surface area (Å²) in [6.45, 7) is 7.84. The zero-order valence-electron chi connectivity index (χ0n) is 11.2. The smallest absolute Gasteiger partial charge is 0.341 e. The van der Waals surface area contributed by atoms with Crippen LogP contribution in [0.3, 0.4) is 0 Å². The lowest BCUT2D eigenvalue weighted by atomic mass is 9.97. The highest BCUT2D eigenvalue weighted by molar-refractivity contribution is 6.00. The van der Waals surface area contributed by atoms with Crippen LogP contribution in [0.1, 0.15) is 36.1 Å². The molecule has 0 saturated carbocycles. The van der Waals surface area contributed by atoms with Gasteiger partial charge in [0.2, 0.25) is 0 Å². The lowest BCUT2D eigenvalue weighted by molar-refractivity contribution is 0.0390. The van der Waals surface area contributed by atoms with E-state index in [1.807, 2.05) is 6.07 Å². The topological polar surface area (TPSA) is 31.0 Å². The molecule has 1 aromatic carbocycles. The fourth-order valence-corrected chi connectivity index (χ4v) is 2.31. The van der Waals surface area contributed by atoms with Crippen molar-refractivity contribution in [1.82, 2.24) is 0 Å². The van der Waals surface area contributed by atoms with Crippen molar-refractivity contribution in [2.45, 2.75) is 39.4 Å². The summed E-state index contributed by atoms with van der Waals surface area (Å²) in [5, 5.41) is 0. The first-order valence-corrected chi connectivity index (χ1v) is 6.75. The summed E-state index contributed by atoms with van der Waals surface area (Å²) in [6.07, 6.45) is 1.41. The van der Waals surface area contributed by atoms with Crippen molar-refractivity contribution in [2.24, 2.45) is 0 Å². The van der Waals surface area contributed by atoms with Crippen LogP contribution in [0.25, 0.3) is 0 Å². The Morgan fingerprint density at radius 2 is 2.11 bits per heavy atom. The van der Waals surface area contributed by atoms with Crippen molar-refractivity contribution in [3.8, 4) is 5.75 Å². The van der Waals surface area contributed by atoms with Gasteiger partial charge in [0.15, 0.2) is 0 Å². The van der Waals surface area contributed by atoms with E-state index >= 15 is 0 Å². The molecular weight excluding hydrogens is 244 g/mol. The fourth-order valence-electron chi connectivity index (χ4n) is 2.09. The molecule has 0 bridgehead atoms. The Kier molecular flexibility index (Phi) is 4.43. The van der Waals surface area contributed by atoms with E-state index in [0.29, 0.717) is 12.7 Å². The minimum Gasteiger partial charge on any atom is -0.540 e. The first-order valence-electron chi connectivity index (χ1n) is 6.34. The highest BCUT2D eigenvalue weighted by Gasteiger charge is 2.25. The second-order valence-electron chi connectivity index (χ2n) is 4.69. The van der Waals surface area contributed by atoms with Gasteiger partial charge in [-0.3, -0.25) is 0 Å². The lowest BCUT2D eigenvalue weighted by Crippen LogP contribution is -2.10. The highest BCUT2D eigenvalue weighted by Crippen LogP contribution is 2.31. The largest absolute Gasteiger partial charge is 0.540 e. The number of benzene rings is 1. The quantitative estimate of drug-likeness (QED) is 0.584. The molecule has 0 aliphatic carbocycles. The lowest BCUT2D eigenvalue weighted by Gasteiger charge is -2.20. The molecule has 4 heteroatoms. The van der Waals surface area contributed by atoms with Gasteiger partial charge in [0.1, 0.15) is 11.9 Å². The Balaban J connectivity index is 2.15. The normalized spacial score (nSPS) is 19.7. The van der Waals surface area contributed by atoms with Gasteiger partial charge in [0.25, 0.3) is 0 Å². The highest BCUT2D eigenvalue weighted by atomic mass is 28.2. The van der Waals surface area contributed by atoms with Crippen LogP contribution < -0.4 is 4.43 Å². The van der Waals surface area contributed by atoms with Gasteiger partial charge < -0.3 is 13.9 Å². The number of epoxide rings is 1. The molecule has 3 radical (unpaired) electrons. The van der Waals surface area contributed by atoms with Crippen LogP contribution in [0.5, 0.6) is 5.75 Å². The molecule has 1 fully saturated rings. The first kappa shape index (κ1) is 13.6. The summed E-state index contributed by atoms with van der Waals surface area (Å²) in [5.74, 6) is 0.855. The van der Waals surface area contributed by atoms with E-state index in [1.54, 1.807) is 0 Å². The second kappa shape index (κ2) is 5.86. The average Bonchev–Trinajstić information content (AvgIpc) is 3.19. The van der Waals surface area contributed by atoms with Crippen molar-refractivity contribution in [1.29, 1.82) is 0 Å². The molecule has 0 amide bonds. The molecule has 2 unspecified atom stereocenters. The summed E-state index contributed by atoms with van der Waals surface area (Å²) in [5.41, 5.74) is 3.62. The molecule has 0 spiro atoms. The Labute approximate surface area is 112 Å². The summed E-state index contributed by atoms with van der Waals surface area (Å²) < 4.78 is 16.3. The second-order valence-corrected chi connectivity index (χ2v) is 4.89. The third kappa shape index (κ3) is 2.94. The standard InChI is InChI=1S/C14H19O3Si/c1-4-13(16-8-11-7-15-11)12-5-6-14(17-18)10(3)9(12)2/h5-6,11,13H,4,7-8H2,1-3H3. The molecule has 1 heterocycles. The van der Waals surface area contributed by atoms with E-state index in [1.165, 1.54) is 11.1 Å². The van der Waals surface area contributed by atoms with Crippen molar-refractivity contribution in [3.05, 3.63) is 28.8 Å². The number of ether oxygens (including phenoxy) is 2. The number of hydrogen-bond acceptors (Lipinski definition) is 3. The summed E-state index contributed by atoms with van der Waals surface area (Å²) in [4.78, 5) is 0. The van der Waals surface area contributed by atoms with Crippen LogP contribution in [0, 0.1) is 13.8 Å². The first-order chi connectivity index (χ1) is 8.67. The molecule has 97 valence electrons. The van der Waals surface area contributed by atoms with Crippen molar-refractivity contribution >= 4 is 10.5 Å². The predicted octanol–water partition coefficient (Wildman–Crippen LogP) is 2.63. The molecule has 2 rings (SSSR count). The maximum absolute atomic E-state index is 5.93. The number of rotatable bonds is 6. The van der Waals surface area contributed by atoms with Gasteiger partial charge in [-0.15, -0.1) is 0 Å². The summed E-state index contributed by atoms with van der Waals surface area (Å²) in [7, 11) is 3.08. The van der Waals surface area contributed by atoms with E-state index < -0.39 is 0 Å². The van der Waals surface area contributed by atoms with E-state index in [9.17, 15) is 0 Å². The third-order valence-electron chi connectivity index (χ3n) is 3.49. The average molecular weight is 263 g/mol. The van der Waals surface area contributed by atoms with Crippen LogP contribution in [0.4, 0.5) is 0 Å². The van der Waals surface area contributed by atoms with Crippen molar-refractivity contribution in [3.63, 3.8) is 0 Å². The monoisotopic (exact) mass is 263 g/mol. The Morgan fingerprint density at radius 1 is 1.39 bits per heavy atom. The van der Waals surface area contributed by atoms with Crippen molar-refractivity contribution in [2.75, 3.05) is 13.2 Å². The molecule has 0 aromatic heterocycles.